The smallest absolute Gasteiger partial charge is 0.359 e. The van der Waals surface area contributed by atoms with E-state index in [1.54, 1.807) is 16.5 Å². The van der Waals surface area contributed by atoms with Crippen LogP contribution < -0.4 is 4.74 Å². The van der Waals surface area contributed by atoms with E-state index < -0.39 is 5.97 Å². The zero-order valence-electron chi connectivity index (χ0n) is 16.7. The minimum atomic E-state index is -0.447. The van der Waals surface area contributed by atoms with Gasteiger partial charge >= 0.3 is 5.97 Å². The SMILES string of the molecule is CCCc1ccc(OCC(=O)N2CCc3c(c(C(=O)OCC)nn3C)C2)cc1. The molecule has 0 saturated carbocycles. The summed E-state index contributed by atoms with van der Waals surface area (Å²) in [5.74, 6) is 0.124. The summed E-state index contributed by atoms with van der Waals surface area (Å²) in [7, 11) is 1.81. The lowest BCUT2D eigenvalue weighted by Crippen LogP contribution is -2.39. The first-order valence-electron chi connectivity index (χ1n) is 9.74. The number of hydrogen-bond acceptors (Lipinski definition) is 5. The summed E-state index contributed by atoms with van der Waals surface area (Å²) in [5.41, 5.74) is 3.29. The Hall–Kier alpha value is -2.83. The van der Waals surface area contributed by atoms with Crippen molar-refractivity contribution in [3.05, 3.63) is 46.8 Å². The van der Waals surface area contributed by atoms with Gasteiger partial charge in [0.15, 0.2) is 12.3 Å². The second kappa shape index (κ2) is 8.91. The number of carbonyl (C=O) groups is 2. The standard InChI is InChI=1S/C21H27N3O4/c1-4-6-15-7-9-16(10-8-15)28-14-19(25)24-12-11-18-17(13-24)20(22-23(18)3)21(26)27-5-2/h7-10H,4-6,11-14H2,1-3H3. The number of fused-ring (bicyclic) bond motifs is 1. The first-order valence-corrected chi connectivity index (χ1v) is 9.74. The maximum Gasteiger partial charge on any atom is 0.359 e. The summed E-state index contributed by atoms with van der Waals surface area (Å²) in [6, 6.07) is 7.84. The Morgan fingerprint density at radius 1 is 1.18 bits per heavy atom. The number of carbonyl (C=O) groups excluding carboxylic acids is 2. The van der Waals surface area contributed by atoms with Gasteiger partial charge in [-0.2, -0.15) is 5.10 Å². The number of nitrogens with zero attached hydrogens (tertiary/aromatic N) is 3. The fourth-order valence-corrected chi connectivity index (χ4v) is 3.45. The van der Waals surface area contributed by atoms with E-state index in [1.807, 2.05) is 31.3 Å². The van der Waals surface area contributed by atoms with E-state index in [-0.39, 0.29) is 19.1 Å². The predicted octanol–water partition coefficient (Wildman–Crippen LogP) is 2.51. The molecule has 7 nitrogen and oxygen atoms in total. The Balaban J connectivity index is 1.63. The van der Waals surface area contributed by atoms with Gasteiger partial charge in [-0.15, -0.1) is 0 Å². The van der Waals surface area contributed by atoms with Crippen molar-refractivity contribution in [1.29, 1.82) is 0 Å². The zero-order valence-corrected chi connectivity index (χ0v) is 16.7. The van der Waals surface area contributed by atoms with Crippen LogP contribution in [-0.4, -0.2) is 46.3 Å². The molecular formula is C21H27N3O4. The summed E-state index contributed by atoms with van der Waals surface area (Å²) in [6.45, 7) is 5.08. The first kappa shape index (κ1) is 19.9. The highest BCUT2D eigenvalue weighted by Gasteiger charge is 2.30. The maximum absolute atomic E-state index is 12.6. The fraction of sp³-hybridized carbons (Fsp3) is 0.476. The molecule has 0 aliphatic carbocycles. The number of esters is 1. The molecule has 2 heterocycles. The van der Waals surface area contributed by atoms with E-state index in [0.717, 1.165) is 24.1 Å². The average Bonchev–Trinajstić information content (AvgIpc) is 3.04. The molecule has 3 rings (SSSR count). The summed E-state index contributed by atoms with van der Waals surface area (Å²) < 4.78 is 12.5. The van der Waals surface area contributed by atoms with Gasteiger partial charge in [-0.1, -0.05) is 25.5 Å². The van der Waals surface area contributed by atoms with Crippen LogP contribution in [0.2, 0.25) is 0 Å². The molecule has 0 saturated heterocycles. The van der Waals surface area contributed by atoms with Crippen molar-refractivity contribution in [3.8, 4) is 5.75 Å². The third-order valence-electron chi connectivity index (χ3n) is 4.89. The minimum Gasteiger partial charge on any atom is -0.484 e. The van der Waals surface area contributed by atoms with Gasteiger partial charge in [0, 0.05) is 31.3 Å². The third kappa shape index (κ3) is 4.35. The Morgan fingerprint density at radius 3 is 2.61 bits per heavy atom. The van der Waals surface area contributed by atoms with Gasteiger partial charge in [0.2, 0.25) is 0 Å². The predicted molar refractivity (Wildman–Crippen MR) is 104 cm³/mol. The highest BCUT2D eigenvalue weighted by molar-refractivity contribution is 5.89. The van der Waals surface area contributed by atoms with Crippen molar-refractivity contribution >= 4 is 11.9 Å². The number of amides is 1. The molecule has 0 N–H and O–H groups in total. The molecule has 2 aromatic rings. The van der Waals surface area contributed by atoms with E-state index in [9.17, 15) is 9.59 Å². The van der Waals surface area contributed by atoms with Crippen LogP contribution in [0.15, 0.2) is 24.3 Å². The molecular weight excluding hydrogens is 358 g/mol. The van der Waals surface area contributed by atoms with Gasteiger partial charge in [0.1, 0.15) is 5.75 Å². The third-order valence-corrected chi connectivity index (χ3v) is 4.89. The van der Waals surface area contributed by atoms with Gasteiger partial charge in [-0.3, -0.25) is 9.48 Å². The number of hydrogen-bond donors (Lipinski definition) is 0. The molecule has 0 unspecified atom stereocenters. The molecule has 1 aliphatic rings. The van der Waals surface area contributed by atoms with E-state index in [0.29, 0.717) is 31.0 Å². The zero-order chi connectivity index (χ0) is 20.1. The van der Waals surface area contributed by atoms with Gasteiger partial charge in [-0.05, 0) is 31.0 Å². The molecule has 0 bridgehead atoms. The summed E-state index contributed by atoms with van der Waals surface area (Å²) in [5, 5.41) is 4.29. The van der Waals surface area contributed by atoms with Crippen molar-refractivity contribution in [2.75, 3.05) is 19.8 Å². The Morgan fingerprint density at radius 2 is 1.93 bits per heavy atom. The molecule has 1 aromatic carbocycles. The van der Waals surface area contributed by atoms with Crippen molar-refractivity contribution in [3.63, 3.8) is 0 Å². The summed E-state index contributed by atoms with van der Waals surface area (Å²) >= 11 is 0. The van der Waals surface area contributed by atoms with Crippen LogP contribution in [0.5, 0.6) is 5.75 Å². The molecule has 28 heavy (non-hydrogen) atoms. The number of aryl methyl sites for hydroxylation is 2. The second-order valence-corrected chi connectivity index (χ2v) is 6.87. The van der Waals surface area contributed by atoms with Crippen LogP contribution in [0.1, 0.15) is 47.6 Å². The van der Waals surface area contributed by atoms with E-state index in [4.69, 9.17) is 9.47 Å². The second-order valence-electron chi connectivity index (χ2n) is 6.87. The van der Waals surface area contributed by atoms with E-state index in [2.05, 4.69) is 12.0 Å². The largest absolute Gasteiger partial charge is 0.484 e. The van der Waals surface area contributed by atoms with Crippen LogP contribution in [0.25, 0.3) is 0 Å². The highest BCUT2D eigenvalue weighted by atomic mass is 16.5. The Kier molecular flexibility index (Phi) is 6.34. The lowest BCUT2D eigenvalue weighted by molar-refractivity contribution is -0.134. The van der Waals surface area contributed by atoms with Crippen molar-refractivity contribution in [1.82, 2.24) is 14.7 Å². The number of rotatable bonds is 7. The summed E-state index contributed by atoms with van der Waals surface area (Å²) in [6.07, 6.45) is 2.77. The van der Waals surface area contributed by atoms with Crippen LogP contribution >= 0.6 is 0 Å². The number of aromatic nitrogens is 2. The average molecular weight is 385 g/mol. The highest BCUT2D eigenvalue weighted by Crippen LogP contribution is 2.23. The Bertz CT molecular complexity index is 842. The number of ether oxygens (including phenoxy) is 2. The molecule has 0 radical (unpaired) electrons. The van der Waals surface area contributed by atoms with Crippen molar-refractivity contribution in [2.45, 2.75) is 39.7 Å². The van der Waals surface area contributed by atoms with E-state index >= 15 is 0 Å². The monoisotopic (exact) mass is 385 g/mol. The lowest BCUT2D eigenvalue weighted by Gasteiger charge is -2.27. The lowest BCUT2D eigenvalue weighted by atomic mass is 10.0. The number of benzene rings is 1. The van der Waals surface area contributed by atoms with Crippen LogP contribution in [-0.2, 0) is 36.0 Å². The van der Waals surface area contributed by atoms with Crippen molar-refractivity contribution in [2.24, 2.45) is 7.05 Å². The van der Waals surface area contributed by atoms with Gasteiger partial charge in [-0.25, -0.2) is 4.79 Å². The Labute approximate surface area is 165 Å². The quantitative estimate of drug-likeness (QED) is 0.685. The minimum absolute atomic E-state index is 0.0303. The molecule has 1 amide bonds. The summed E-state index contributed by atoms with van der Waals surface area (Å²) in [4.78, 5) is 26.5. The molecule has 7 heteroatoms. The molecule has 1 aromatic heterocycles. The molecule has 150 valence electrons. The van der Waals surface area contributed by atoms with Crippen molar-refractivity contribution < 1.29 is 19.1 Å². The topological polar surface area (TPSA) is 73.7 Å². The molecule has 0 spiro atoms. The fourth-order valence-electron chi connectivity index (χ4n) is 3.45. The van der Waals surface area contributed by atoms with Crippen LogP contribution in [0.3, 0.4) is 0 Å². The van der Waals surface area contributed by atoms with E-state index in [1.165, 1.54) is 5.56 Å². The molecule has 0 atom stereocenters. The first-order chi connectivity index (χ1) is 13.5. The molecule has 1 aliphatic heterocycles. The van der Waals surface area contributed by atoms with Crippen LogP contribution in [0, 0.1) is 0 Å². The molecule has 0 fully saturated rings. The van der Waals surface area contributed by atoms with Gasteiger partial charge in [0.05, 0.1) is 13.2 Å². The normalized spacial score (nSPS) is 13.2. The maximum atomic E-state index is 12.6. The van der Waals surface area contributed by atoms with Gasteiger partial charge < -0.3 is 14.4 Å². The van der Waals surface area contributed by atoms with Crippen LogP contribution in [0.4, 0.5) is 0 Å². The van der Waals surface area contributed by atoms with Gasteiger partial charge in [0.25, 0.3) is 5.91 Å².